The summed E-state index contributed by atoms with van der Waals surface area (Å²) < 4.78 is 16.0. The van der Waals surface area contributed by atoms with Gasteiger partial charge in [0.2, 0.25) is 0 Å². The van der Waals surface area contributed by atoms with Crippen LogP contribution in [0, 0.1) is 5.92 Å². The lowest BCUT2D eigenvalue weighted by atomic mass is 9.99. The largest absolute Gasteiger partial charge is 0.493 e. The highest BCUT2D eigenvalue weighted by atomic mass is 16.5. The first-order chi connectivity index (χ1) is 9.74. The molecule has 1 fully saturated rings. The Morgan fingerprint density at radius 1 is 1.20 bits per heavy atom. The van der Waals surface area contributed by atoms with Gasteiger partial charge in [-0.1, -0.05) is 6.07 Å². The number of hydrogen-bond acceptors (Lipinski definition) is 4. The van der Waals surface area contributed by atoms with E-state index in [4.69, 9.17) is 14.2 Å². The molecule has 2 rings (SSSR count). The molecule has 0 aliphatic carbocycles. The van der Waals surface area contributed by atoms with Crippen LogP contribution in [0.3, 0.4) is 0 Å². The fourth-order valence-corrected chi connectivity index (χ4v) is 2.53. The van der Waals surface area contributed by atoms with Gasteiger partial charge in [-0.15, -0.1) is 0 Å². The van der Waals surface area contributed by atoms with Gasteiger partial charge in [0.15, 0.2) is 11.5 Å². The van der Waals surface area contributed by atoms with Crippen molar-refractivity contribution in [3.63, 3.8) is 0 Å². The SMILES string of the molecule is COc1ccc([C@@H](C)NCC2CCOCC2)cc1OC. The summed E-state index contributed by atoms with van der Waals surface area (Å²) in [5, 5.41) is 3.61. The van der Waals surface area contributed by atoms with Gasteiger partial charge in [0.1, 0.15) is 0 Å². The van der Waals surface area contributed by atoms with Crippen molar-refractivity contribution in [3.8, 4) is 11.5 Å². The number of benzene rings is 1. The van der Waals surface area contributed by atoms with Crippen LogP contribution in [0.1, 0.15) is 31.4 Å². The molecule has 0 saturated carbocycles. The normalized spacial score (nSPS) is 17.8. The molecule has 0 amide bonds. The summed E-state index contributed by atoms with van der Waals surface area (Å²) in [5.74, 6) is 2.28. The third-order valence-corrected chi connectivity index (χ3v) is 3.96. The van der Waals surface area contributed by atoms with Gasteiger partial charge in [-0.05, 0) is 49.9 Å². The minimum absolute atomic E-state index is 0.303. The number of methoxy groups -OCH3 is 2. The maximum Gasteiger partial charge on any atom is 0.161 e. The summed E-state index contributed by atoms with van der Waals surface area (Å²) in [6.07, 6.45) is 2.32. The van der Waals surface area contributed by atoms with Crippen LogP contribution in [0.2, 0.25) is 0 Å². The first-order valence-electron chi connectivity index (χ1n) is 7.27. The number of rotatable bonds is 6. The van der Waals surface area contributed by atoms with Crippen LogP contribution in [-0.2, 0) is 4.74 Å². The van der Waals surface area contributed by atoms with Gasteiger partial charge in [0.25, 0.3) is 0 Å². The van der Waals surface area contributed by atoms with Crippen molar-refractivity contribution in [2.45, 2.75) is 25.8 Å². The molecule has 1 aromatic rings. The van der Waals surface area contributed by atoms with E-state index < -0.39 is 0 Å². The molecule has 0 spiro atoms. The molecule has 0 bridgehead atoms. The fraction of sp³-hybridized carbons (Fsp3) is 0.625. The topological polar surface area (TPSA) is 39.7 Å². The molecule has 4 nitrogen and oxygen atoms in total. The maximum absolute atomic E-state index is 5.39. The van der Waals surface area contributed by atoms with Gasteiger partial charge in [-0.3, -0.25) is 0 Å². The summed E-state index contributed by atoms with van der Waals surface area (Å²) in [7, 11) is 3.33. The maximum atomic E-state index is 5.39. The van der Waals surface area contributed by atoms with Crippen LogP contribution < -0.4 is 14.8 Å². The highest BCUT2D eigenvalue weighted by molar-refractivity contribution is 5.43. The van der Waals surface area contributed by atoms with E-state index >= 15 is 0 Å². The molecule has 1 N–H and O–H groups in total. The van der Waals surface area contributed by atoms with E-state index in [1.165, 1.54) is 5.56 Å². The molecular formula is C16H25NO3. The van der Waals surface area contributed by atoms with Crippen LogP contribution in [0.4, 0.5) is 0 Å². The Bertz CT molecular complexity index is 416. The zero-order valence-electron chi connectivity index (χ0n) is 12.6. The molecule has 0 radical (unpaired) electrons. The first-order valence-corrected chi connectivity index (χ1v) is 7.27. The highest BCUT2D eigenvalue weighted by Crippen LogP contribution is 2.30. The lowest BCUT2D eigenvalue weighted by molar-refractivity contribution is 0.0656. The van der Waals surface area contributed by atoms with Crippen LogP contribution in [0.15, 0.2) is 18.2 Å². The Kier molecular flexibility index (Phi) is 5.68. The minimum atomic E-state index is 0.303. The van der Waals surface area contributed by atoms with Gasteiger partial charge in [-0.2, -0.15) is 0 Å². The van der Waals surface area contributed by atoms with Gasteiger partial charge in [0.05, 0.1) is 14.2 Å². The van der Waals surface area contributed by atoms with E-state index in [1.807, 2.05) is 12.1 Å². The van der Waals surface area contributed by atoms with Gasteiger partial charge < -0.3 is 19.5 Å². The third kappa shape index (κ3) is 3.87. The van der Waals surface area contributed by atoms with E-state index in [1.54, 1.807) is 14.2 Å². The van der Waals surface area contributed by atoms with Crippen LogP contribution in [0.25, 0.3) is 0 Å². The summed E-state index contributed by atoms with van der Waals surface area (Å²) in [6, 6.07) is 6.39. The monoisotopic (exact) mass is 279 g/mol. The quantitative estimate of drug-likeness (QED) is 0.869. The molecule has 1 aliphatic rings. The second-order valence-electron chi connectivity index (χ2n) is 5.30. The molecule has 4 heteroatoms. The van der Waals surface area contributed by atoms with Crippen molar-refractivity contribution in [3.05, 3.63) is 23.8 Å². The van der Waals surface area contributed by atoms with Crippen molar-refractivity contribution >= 4 is 0 Å². The molecule has 0 unspecified atom stereocenters. The summed E-state index contributed by atoms with van der Waals surface area (Å²) >= 11 is 0. The van der Waals surface area contributed by atoms with E-state index in [2.05, 4.69) is 18.3 Å². The van der Waals surface area contributed by atoms with Gasteiger partial charge in [-0.25, -0.2) is 0 Å². The van der Waals surface area contributed by atoms with Crippen LogP contribution in [-0.4, -0.2) is 34.0 Å². The summed E-state index contributed by atoms with van der Waals surface area (Å²) in [6.45, 7) is 5.02. The van der Waals surface area contributed by atoms with Crippen molar-refractivity contribution in [2.75, 3.05) is 34.0 Å². The van der Waals surface area contributed by atoms with Crippen LogP contribution in [0.5, 0.6) is 11.5 Å². The van der Waals surface area contributed by atoms with Crippen molar-refractivity contribution in [1.82, 2.24) is 5.32 Å². The average Bonchev–Trinajstić information content (AvgIpc) is 2.52. The zero-order valence-corrected chi connectivity index (χ0v) is 12.6. The molecule has 1 aromatic carbocycles. The lowest BCUT2D eigenvalue weighted by Gasteiger charge is -2.24. The fourth-order valence-electron chi connectivity index (χ4n) is 2.53. The molecule has 0 aromatic heterocycles. The molecule has 112 valence electrons. The van der Waals surface area contributed by atoms with Crippen molar-refractivity contribution < 1.29 is 14.2 Å². The average molecular weight is 279 g/mol. The van der Waals surface area contributed by atoms with E-state index in [0.29, 0.717) is 6.04 Å². The summed E-state index contributed by atoms with van der Waals surface area (Å²) in [4.78, 5) is 0. The van der Waals surface area contributed by atoms with Gasteiger partial charge in [0, 0.05) is 19.3 Å². The van der Waals surface area contributed by atoms with Gasteiger partial charge >= 0.3 is 0 Å². The lowest BCUT2D eigenvalue weighted by Crippen LogP contribution is -2.29. The molecular weight excluding hydrogens is 254 g/mol. The third-order valence-electron chi connectivity index (χ3n) is 3.96. The second kappa shape index (κ2) is 7.50. The Hall–Kier alpha value is -1.26. The van der Waals surface area contributed by atoms with Crippen molar-refractivity contribution in [2.24, 2.45) is 5.92 Å². The number of ether oxygens (including phenoxy) is 3. The first kappa shape index (κ1) is 15.1. The van der Waals surface area contributed by atoms with Crippen LogP contribution >= 0.6 is 0 Å². The smallest absolute Gasteiger partial charge is 0.161 e. The molecule has 20 heavy (non-hydrogen) atoms. The van der Waals surface area contributed by atoms with E-state index in [0.717, 1.165) is 50.0 Å². The Morgan fingerprint density at radius 3 is 2.55 bits per heavy atom. The van der Waals surface area contributed by atoms with E-state index in [9.17, 15) is 0 Å². The Morgan fingerprint density at radius 2 is 1.90 bits per heavy atom. The second-order valence-corrected chi connectivity index (χ2v) is 5.30. The predicted octanol–water partition coefficient (Wildman–Crippen LogP) is 2.78. The number of hydrogen-bond donors (Lipinski definition) is 1. The molecule has 1 saturated heterocycles. The van der Waals surface area contributed by atoms with Crippen molar-refractivity contribution in [1.29, 1.82) is 0 Å². The van der Waals surface area contributed by atoms with E-state index in [-0.39, 0.29) is 0 Å². The molecule has 1 heterocycles. The predicted molar refractivity (Wildman–Crippen MR) is 79.5 cm³/mol. The highest BCUT2D eigenvalue weighted by Gasteiger charge is 2.15. The molecule has 1 atom stereocenters. The standard InChI is InChI=1S/C16H25NO3/c1-12(17-11-13-6-8-20-9-7-13)14-4-5-15(18-2)16(10-14)19-3/h4-5,10,12-13,17H,6-9,11H2,1-3H3/t12-/m1/s1. The molecule has 1 aliphatic heterocycles. The Balaban J connectivity index is 1.92. The minimum Gasteiger partial charge on any atom is -0.493 e. The number of nitrogens with one attached hydrogen (secondary N) is 1. The Labute approximate surface area is 121 Å². The summed E-state index contributed by atoms with van der Waals surface area (Å²) in [5.41, 5.74) is 1.22. The zero-order chi connectivity index (χ0) is 14.4.